The second kappa shape index (κ2) is 10.4. The number of methoxy groups -OCH3 is 1. The minimum atomic E-state index is -0.119. The smallest absolute Gasteiger partial charge is 0.200 e. The number of rotatable bonds is 8. The fourth-order valence-electron chi connectivity index (χ4n) is 3.19. The van der Waals surface area contributed by atoms with Crippen molar-refractivity contribution in [3.05, 3.63) is 100 Å². The van der Waals surface area contributed by atoms with Crippen LogP contribution in [0, 0.1) is 11.3 Å². The Hall–Kier alpha value is -4.21. The highest BCUT2D eigenvalue weighted by Gasteiger charge is 2.12. The Morgan fingerprint density at radius 1 is 1.03 bits per heavy atom. The number of aromatic nitrogens is 1. The zero-order valence-corrected chi connectivity index (χ0v) is 18.7. The SMILES string of the molecule is COc1cc(C=C(C#N)c2nc(-c3ccccc3)cs2)ccc1OCC(=O)c1ccccc1. The largest absolute Gasteiger partial charge is 0.493 e. The fourth-order valence-corrected chi connectivity index (χ4v) is 3.99. The van der Waals surface area contributed by atoms with Crippen LogP contribution >= 0.6 is 11.3 Å². The van der Waals surface area contributed by atoms with E-state index in [0.717, 1.165) is 16.8 Å². The zero-order valence-electron chi connectivity index (χ0n) is 17.9. The van der Waals surface area contributed by atoms with Gasteiger partial charge in [0.1, 0.15) is 11.1 Å². The first kappa shape index (κ1) is 22.0. The van der Waals surface area contributed by atoms with Crippen molar-refractivity contribution in [1.29, 1.82) is 5.26 Å². The van der Waals surface area contributed by atoms with Crippen molar-refractivity contribution in [2.45, 2.75) is 0 Å². The lowest BCUT2D eigenvalue weighted by Gasteiger charge is -2.11. The lowest BCUT2D eigenvalue weighted by Crippen LogP contribution is -2.11. The van der Waals surface area contributed by atoms with Crippen molar-refractivity contribution < 1.29 is 14.3 Å². The molecule has 0 fully saturated rings. The van der Waals surface area contributed by atoms with Crippen LogP contribution in [-0.2, 0) is 0 Å². The highest BCUT2D eigenvalue weighted by atomic mass is 32.1. The van der Waals surface area contributed by atoms with Gasteiger partial charge in [0.05, 0.1) is 18.4 Å². The Labute approximate surface area is 196 Å². The molecular weight excluding hydrogens is 432 g/mol. The van der Waals surface area contributed by atoms with E-state index in [1.807, 2.05) is 60.0 Å². The van der Waals surface area contributed by atoms with Crippen LogP contribution in [0.25, 0.3) is 22.9 Å². The van der Waals surface area contributed by atoms with Crippen LogP contribution in [0.5, 0.6) is 11.5 Å². The molecule has 1 heterocycles. The van der Waals surface area contributed by atoms with Crippen molar-refractivity contribution in [2.75, 3.05) is 13.7 Å². The second-order valence-corrected chi connectivity index (χ2v) is 7.92. The van der Waals surface area contributed by atoms with Gasteiger partial charge in [0.2, 0.25) is 0 Å². The van der Waals surface area contributed by atoms with Crippen molar-refractivity contribution >= 4 is 28.8 Å². The van der Waals surface area contributed by atoms with E-state index in [1.165, 1.54) is 18.4 Å². The van der Waals surface area contributed by atoms with Gasteiger partial charge in [-0.1, -0.05) is 66.7 Å². The summed E-state index contributed by atoms with van der Waals surface area (Å²) in [5.41, 5.74) is 3.65. The molecule has 0 aliphatic carbocycles. The number of allylic oxidation sites excluding steroid dienone is 1. The van der Waals surface area contributed by atoms with Crippen molar-refractivity contribution in [3.8, 4) is 28.8 Å². The molecule has 162 valence electrons. The average molecular weight is 453 g/mol. The summed E-state index contributed by atoms with van der Waals surface area (Å²) < 4.78 is 11.1. The van der Waals surface area contributed by atoms with Crippen LogP contribution in [-0.4, -0.2) is 24.5 Å². The van der Waals surface area contributed by atoms with E-state index in [-0.39, 0.29) is 12.4 Å². The van der Waals surface area contributed by atoms with Gasteiger partial charge >= 0.3 is 0 Å². The van der Waals surface area contributed by atoms with Crippen LogP contribution in [0.15, 0.2) is 84.2 Å². The Morgan fingerprint density at radius 3 is 2.45 bits per heavy atom. The maximum Gasteiger partial charge on any atom is 0.200 e. The van der Waals surface area contributed by atoms with Gasteiger partial charge in [-0.25, -0.2) is 4.98 Å². The average Bonchev–Trinajstić information content (AvgIpc) is 3.37. The van der Waals surface area contributed by atoms with Gasteiger partial charge in [-0.15, -0.1) is 11.3 Å². The Morgan fingerprint density at radius 2 is 1.76 bits per heavy atom. The summed E-state index contributed by atoms with van der Waals surface area (Å²) in [6.07, 6.45) is 1.76. The molecule has 0 aliphatic heterocycles. The summed E-state index contributed by atoms with van der Waals surface area (Å²) in [6.45, 7) is -0.0968. The molecule has 0 saturated carbocycles. The molecule has 4 rings (SSSR count). The summed E-state index contributed by atoms with van der Waals surface area (Å²) in [5.74, 6) is 0.815. The van der Waals surface area contributed by atoms with Crippen LogP contribution in [0.4, 0.5) is 0 Å². The molecule has 33 heavy (non-hydrogen) atoms. The summed E-state index contributed by atoms with van der Waals surface area (Å²) in [5, 5.41) is 12.3. The molecule has 0 N–H and O–H groups in total. The number of nitriles is 1. The second-order valence-electron chi connectivity index (χ2n) is 7.06. The Bertz CT molecular complexity index is 1320. The number of hydrogen-bond donors (Lipinski definition) is 0. The molecule has 4 aromatic rings. The standard InChI is InChI=1S/C27H20N2O3S/c1-31-26-15-19(12-13-25(26)32-17-24(30)21-10-6-3-7-11-21)14-22(16-28)27-29-23(18-33-27)20-8-4-2-5-9-20/h2-15,18H,17H2,1H3. The Balaban J connectivity index is 1.52. The van der Waals surface area contributed by atoms with E-state index < -0.39 is 0 Å². The quantitative estimate of drug-likeness (QED) is 0.237. The number of benzene rings is 3. The van der Waals surface area contributed by atoms with E-state index in [9.17, 15) is 10.1 Å². The van der Waals surface area contributed by atoms with Crippen molar-refractivity contribution in [2.24, 2.45) is 0 Å². The molecule has 1 aromatic heterocycles. The molecule has 0 bridgehead atoms. The number of nitrogens with zero attached hydrogens (tertiary/aromatic N) is 2. The lowest BCUT2D eigenvalue weighted by atomic mass is 10.1. The van der Waals surface area contributed by atoms with Crippen LogP contribution < -0.4 is 9.47 Å². The summed E-state index contributed by atoms with van der Waals surface area (Å²) in [6, 6.07) is 26.4. The predicted octanol–water partition coefficient (Wildman–Crippen LogP) is 6.14. The number of thiazole rings is 1. The molecule has 0 aliphatic rings. The highest BCUT2D eigenvalue weighted by molar-refractivity contribution is 7.11. The monoisotopic (exact) mass is 452 g/mol. The van der Waals surface area contributed by atoms with Gasteiger partial charge in [0.25, 0.3) is 0 Å². The van der Waals surface area contributed by atoms with Crippen LogP contribution in [0.1, 0.15) is 20.9 Å². The van der Waals surface area contributed by atoms with E-state index in [0.29, 0.717) is 27.6 Å². The first-order valence-electron chi connectivity index (χ1n) is 10.2. The third kappa shape index (κ3) is 5.35. The molecule has 0 atom stereocenters. The molecule has 0 saturated heterocycles. The summed E-state index contributed by atoms with van der Waals surface area (Å²) in [4.78, 5) is 16.9. The zero-order chi connectivity index (χ0) is 23.0. The summed E-state index contributed by atoms with van der Waals surface area (Å²) >= 11 is 1.42. The molecular formula is C27H20N2O3S. The normalized spacial score (nSPS) is 11.0. The van der Waals surface area contributed by atoms with Gasteiger partial charge in [0, 0.05) is 16.5 Å². The maximum atomic E-state index is 12.3. The van der Waals surface area contributed by atoms with Gasteiger partial charge in [-0.2, -0.15) is 5.26 Å². The molecule has 3 aromatic carbocycles. The van der Waals surface area contributed by atoms with Gasteiger partial charge in [-0.3, -0.25) is 4.79 Å². The van der Waals surface area contributed by atoms with Crippen LogP contribution in [0.2, 0.25) is 0 Å². The van der Waals surface area contributed by atoms with E-state index in [2.05, 4.69) is 11.1 Å². The molecule has 6 heteroatoms. The number of hydrogen-bond acceptors (Lipinski definition) is 6. The van der Waals surface area contributed by atoms with Gasteiger partial charge in [0.15, 0.2) is 23.9 Å². The fraction of sp³-hybridized carbons (Fsp3) is 0.0741. The van der Waals surface area contributed by atoms with Gasteiger partial charge in [-0.05, 0) is 23.8 Å². The number of Topliss-reactive ketones (excluding diaryl/α,β-unsaturated/α-hetero) is 1. The third-order valence-corrected chi connectivity index (χ3v) is 5.75. The minimum Gasteiger partial charge on any atom is -0.493 e. The third-order valence-electron chi connectivity index (χ3n) is 4.88. The molecule has 5 nitrogen and oxygen atoms in total. The maximum absolute atomic E-state index is 12.3. The number of carbonyl (C=O) groups is 1. The Kier molecular flexibility index (Phi) is 6.93. The molecule has 0 amide bonds. The van der Waals surface area contributed by atoms with Crippen molar-refractivity contribution in [3.63, 3.8) is 0 Å². The van der Waals surface area contributed by atoms with Crippen LogP contribution in [0.3, 0.4) is 0 Å². The lowest BCUT2D eigenvalue weighted by molar-refractivity contribution is 0.0919. The molecule has 0 unspecified atom stereocenters. The number of carbonyl (C=O) groups excluding carboxylic acids is 1. The van der Waals surface area contributed by atoms with E-state index in [1.54, 1.807) is 30.3 Å². The minimum absolute atomic E-state index is 0.0968. The first-order valence-corrected chi connectivity index (χ1v) is 11.1. The van der Waals surface area contributed by atoms with Gasteiger partial charge < -0.3 is 9.47 Å². The van der Waals surface area contributed by atoms with Crippen molar-refractivity contribution in [1.82, 2.24) is 4.98 Å². The number of ketones is 1. The molecule has 0 spiro atoms. The topological polar surface area (TPSA) is 72.2 Å². The summed E-state index contributed by atoms with van der Waals surface area (Å²) in [7, 11) is 1.53. The molecule has 0 radical (unpaired) electrons. The first-order chi connectivity index (χ1) is 16.2. The number of ether oxygens (including phenoxy) is 2. The van der Waals surface area contributed by atoms with E-state index in [4.69, 9.17) is 9.47 Å². The van der Waals surface area contributed by atoms with E-state index >= 15 is 0 Å². The predicted molar refractivity (Wildman–Crippen MR) is 130 cm³/mol. The highest BCUT2D eigenvalue weighted by Crippen LogP contribution is 2.31.